The predicted octanol–water partition coefficient (Wildman–Crippen LogP) is 2.89. The van der Waals surface area contributed by atoms with E-state index in [0.29, 0.717) is 12.2 Å². The van der Waals surface area contributed by atoms with E-state index in [1.807, 2.05) is 0 Å². The first-order valence-electron chi connectivity index (χ1n) is 5.95. The minimum absolute atomic E-state index is 0.141. The van der Waals surface area contributed by atoms with E-state index in [9.17, 15) is 0 Å². The summed E-state index contributed by atoms with van der Waals surface area (Å²) in [5.74, 6) is 0. The van der Waals surface area contributed by atoms with Gasteiger partial charge in [0.15, 0.2) is 0 Å². The number of allylic oxidation sites excluding steroid dienone is 1. The quantitative estimate of drug-likeness (QED) is 0.625. The van der Waals surface area contributed by atoms with Gasteiger partial charge in [0.25, 0.3) is 0 Å². The summed E-state index contributed by atoms with van der Waals surface area (Å²) in [5, 5.41) is 0. The van der Waals surface area contributed by atoms with Crippen LogP contribution in [0.15, 0.2) is 9.70 Å². The number of rotatable bonds is 0. The Bertz CT molecular complexity index is 249. The van der Waals surface area contributed by atoms with Crippen molar-refractivity contribution in [3.8, 4) is 0 Å². The second-order valence-corrected chi connectivity index (χ2v) is 8.39. The van der Waals surface area contributed by atoms with Crippen LogP contribution >= 0.6 is 0 Å². The van der Waals surface area contributed by atoms with Gasteiger partial charge in [0, 0.05) is 0 Å². The molecule has 0 aromatic heterocycles. The topological polar surface area (TPSA) is 9.23 Å². The van der Waals surface area contributed by atoms with Gasteiger partial charge >= 0.3 is 96.5 Å². The molecule has 14 heavy (non-hydrogen) atoms. The summed E-state index contributed by atoms with van der Waals surface area (Å²) in [6.07, 6.45) is 13.5. The van der Waals surface area contributed by atoms with E-state index >= 15 is 0 Å². The summed E-state index contributed by atoms with van der Waals surface area (Å²) in [6.45, 7) is 0. The third-order valence-electron chi connectivity index (χ3n) is 3.60. The van der Waals surface area contributed by atoms with Crippen molar-refractivity contribution in [2.75, 3.05) is 0 Å². The Kier molecular flexibility index (Phi) is 2.88. The molecule has 3 rings (SSSR count). The van der Waals surface area contributed by atoms with Crippen molar-refractivity contribution in [3.63, 3.8) is 0 Å². The summed E-state index contributed by atoms with van der Waals surface area (Å²) in [4.78, 5) is 0. The summed E-state index contributed by atoms with van der Waals surface area (Å²) in [7, 11) is 0. The van der Waals surface area contributed by atoms with E-state index in [-0.39, 0.29) is 20.9 Å². The van der Waals surface area contributed by atoms with Gasteiger partial charge < -0.3 is 0 Å². The van der Waals surface area contributed by atoms with E-state index in [0.717, 1.165) is 3.97 Å². The van der Waals surface area contributed by atoms with Gasteiger partial charge in [-0.05, 0) is 0 Å². The van der Waals surface area contributed by atoms with Crippen LogP contribution in [0.5, 0.6) is 0 Å². The molecular weight excluding hydrogens is 288 g/mol. The average molecular weight is 306 g/mol. The molecule has 3 atom stereocenters. The maximum absolute atomic E-state index is 6.26. The molecule has 0 aromatic carbocycles. The van der Waals surface area contributed by atoms with Crippen LogP contribution in [0.2, 0.25) is 3.97 Å². The van der Waals surface area contributed by atoms with Gasteiger partial charge in [-0.2, -0.15) is 0 Å². The molecule has 1 aliphatic heterocycles. The minimum atomic E-state index is 0.141. The molecule has 78 valence electrons. The molecule has 3 aliphatic rings. The van der Waals surface area contributed by atoms with Gasteiger partial charge in [-0.15, -0.1) is 0 Å². The van der Waals surface area contributed by atoms with Gasteiger partial charge in [-0.1, -0.05) is 0 Å². The number of hydrogen-bond acceptors (Lipinski definition) is 1. The average Bonchev–Trinajstić information content (AvgIpc) is 2.26. The fraction of sp³-hybridized carbons (Fsp3) is 0.833. The molecule has 3 unspecified atom stereocenters. The molecule has 0 bridgehead atoms. The van der Waals surface area contributed by atoms with Crippen LogP contribution in [-0.4, -0.2) is 33.1 Å². The third kappa shape index (κ3) is 1.77. The van der Waals surface area contributed by atoms with E-state index in [2.05, 4.69) is 6.08 Å². The van der Waals surface area contributed by atoms with Crippen molar-refractivity contribution < 1.29 is 4.74 Å². The Morgan fingerprint density at radius 3 is 3.07 bits per heavy atom. The van der Waals surface area contributed by atoms with Crippen LogP contribution in [0.4, 0.5) is 0 Å². The fourth-order valence-electron chi connectivity index (χ4n) is 2.82. The summed E-state index contributed by atoms with van der Waals surface area (Å²) in [5.41, 5.74) is 0. The van der Waals surface area contributed by atoms with Crippen LogP contribution in [-0.2, 0) is 4.74 Å². The van der Waals surface area contributed by atoms with Crippen LogP contribution in [0.1, 0.15) is 44.9 Å². The molecule has 0 N–H and O–H groups in total. The molecule has 2 fully saturated rings. The zero-order valence-corrected chi connectivity index (χ0v) is 10.9. The SMILES string of the molecule is C1=C2[Te]C3CCCCC3OC2CCC1. The normalized spacial score (nSPS) is 42.3. The second-order valence-electron chi connectivity index (χ2n) is 4.64. The maximum atomic E-state index is 6.26. The Balaban J connectivity index is 1.76. The van der Waals surface area contributed by atoms with E-state index in [1.165, 1.54) is 44.9 Å². The zero-order chi connectivity index (χ0) is 9.38. The van der Waals surface area contributed by atoms with Gasteiger partial charge in [-0.3, -0.25) is 0 Å². The van der Waals surface area contributed by atoms with Gasteiger partial charge in [0.1, 0.15) is 0 Å². The first-order valence-corrected chi connectivity index (χ1v) is 8.47. The zero-order valence-electron chi connectivity index (χ0n) is 8.58. The Labute approximate surface area is 96.4 Å². The van der Waals surface area contributed by atoms with E-state index < -0.39 is 0 Å². The number of fused-ring (bicyclic) bond motifs is 2. The third-order valence-corrected chi connectivity index (χ3v) is 8.01. The van der Waals surface area contributed by atoms with Crippen molar-refractivity contribution in [2.45, 2.75) is 61.1 Å². The first kappa shape index (κ1) is 9.70. The Morgan fingerprint density at radius 1 is 1.14 bits per heavy atom. The Hall–Kier alpha value is 0.490. The van der Waals surface area contributed by atoms with Crippen LogP contribution in [0.25, 0.3) is 0 Å². The van der Waals surface area contributed by atoms with Gasteiger partial charge in [0.2, 0.25) is 0 Å². The molecule has 0 amide bonds. The Morgan fingerprint density at radius 2 is 2.07 bits per heavy atom. The predicted molar refractivity (Wildman–Crippen MR) is 58.6 cm³/mol. The molecule has 0 radical (unpaired) electrons. The van der Waals surface area contributed by atoms with Gasteiger partial charge in [0.05, 0.1) is 0 Å². The van der Waals surface area contributed by atoms with E-state index in [1.54, 1.807) is 3.62 Å². The first-order chi connectivity index (χ1) is 6.93. The van der Waals surface area contributed by atoms with Crippen molar-refractivity contribution >= 4 is 20.9 Å². The molecule has 0 spiro atoms. The van der Waals surface area contributed by atoms with Crippen molar-refractivity contribution in [1.82, 2.24) is 0 Å². The van der Waals surface area contributed by atoms with Crippen molar-refractivity contribution in [3.05, 3.63) is 9.70 Å². The van der Waals surface area contributed by atoms with E-state index in [4.69, 9.17) is 4.74 Å². The summed E-state index contributed by atoms with van der Waals surface area (Å²) >= 11 is 0.141. The standard InChI is InChI=1S/C12H18OTe/c1-3-7-11-9(5-1)13-10-6-2-4-8-12(10)14-11/h7,9-10,12H,1-6,8H2. The van der Waals surface area contributed by atoms with Crippen LogP contribution < -0.4 is 0 Å². The fourth-order valence-corrected chi connectivity index (χ4v) is 7.17. The molecule has 0 aromatic rings. The molecular formula is C12H18OTe. The van der Waals surface area contributed by atoms with Crippen LogP contribution in [0.3, 0.4) is 0 Å². The van der Waals surface area contributed by atoms with Gasteiger partial charge in [-0.25, -0.2) is 0 Å². The molecule has 1 nitrogen and oxygen atoms in total. The molecule has 2 heteroatoms. The molecule has 1 saturated heterocycles. The monoisotopic (exact) mass is 308 g/mol. The van der Waals surface area contributed by atoms with Crippen molar-refractivity contribution in [1.29, 1.82) is 0 Å². The second kappa shape index (κ2) is 4.16. The molecule has 1 saturated carbocycles. The molecule has 1 heterocycles. The van der Waals surface area contributed by atoms with Crippen molar-refractivity contribution in [2.24, 2.45) is 0 Å². The summed E-state index contributed by atoms with van der Waals surface area (Å²) in [6, 6.07) is 0. The van der Waals surface area contributed by atoms with Crippen LogP contribution in [0, 0.1) is 0 Å². The molecule has 2 aliphatic carbocycles. The number of hydrogen-bond donors (Lipinski definition) is 0. The summed E-state index contributed by atoms with van der Waals surface area (Å²) < 4.78 is 9.02. The number of ether oxygens (including phenoxy) is 1.